The Bertz CT molecular complexity index is 1000. The van der Waals surface area contributed by atoms with E-state index in [1.54, 1.807) is 41.6 Å². The Hall–Kier alpha value is -3.49. The number of carbonyl (C=O) groups is 2. The van der Waals surface area contributed by atoms with Crippen LogP contribution in [0, 0.1) is 0 Å². The lowest BCUT2D eigenvalue weighted by atomic mass is 10.2. The molecule has 0 aromatic carbocycles. The largest absolute Gasteiger partial charge is 0.350 e. The first-order chi connectivity index (χ1) is 13.6. The lowest BCUT2D eigenvalue weighted by molar-refractivity contribution is 0.0949. The summed E-state index contributed by atoms with van der Waals surface area (Å²) in [5.74, 6) is -0.228. The van der Waals surface area contributed by atoms with E-state index in [1.165, 1.54) is 0 Å². The zero-order chi connectivity index (χ0) is 19.5. The van der Waals surface area contributed by atoms with E-state index >= 15 is 0 Å². The number of nitrogens with one attached hydrogen (secondary N) is 1. The number of hydrogen-bond acceptors (Lipinski definition) is 5. The molecule has 1 aliphatic heterocycles. The fourth-order valence-electron chi connectivity index (χ4n) is 3.17. The van der Waals surface area contributed by atoms with Crippen LogP contribution in [0.15, 0.2) is 43.0 Å². The lowest BCUT2D eigenvalue weighted by Crippen LogP contribution is -2.37. The molecule has 0 spiro atoms. The van der Waals surface area contributed by atoms with Crippen LogP contribution < -0.4 is 5.32 Å². The lowest BCUT2D eigenvalue weighted by Gasteiger charge is -2.16. The molecule has 144 valence electrons. The Morgan fingerprint density at radius 2 is 2.11 bits per heavy atom. The molecule has 28 heavy (non-hydrogen) atoms. The summed E-state index contributed by atoms with van der Waals surface area (Å²) in [7, 11) is 1.77. The molecule has 9 heteroatoms. The van der Waals surface area contributed by atoms with Crippen molar-refractivity contribution in [1.29, 1.82) is 0 Å². The molecule has 0 aliphatic carbocycles. The number of carbonyl (C=O) groups excluding carboxylic acids is 2. The number of imidazole rings is 1. The van der Waals surface area contributed by atoms with Crippen molar-refractivity contribution in [2.24, 2.45) is 0 Å². The molecule has 3 amide bonds. The van der Waals surface area contributed by atoms with E-state index in [1.807, 2.05) is 22.8 Å². The molecule has 1 aliphatic rings. The van der Waals surface area contributed by atoms with Gasteiger partial charge in [-0.1, -0.05) is 6.07 Å². The number of hydrogen-bond donors (Lipinski definition) is 1. The van der Waals surface area contributed by atoms with Crippen molar-refractivity contribution in [3.8, 4) is 0 Å². The smallest absolute Gasteiger partial charge is 0.319 e. The fourth-order valence-corrected chi connectivity index (χ4v) is 3.17. The molecule has 0 bridgehead atoms. The van der Waals surface area contributed by atoms with Crippen LogP contribution in [0.4, 0.5) is 4.79 Å². The second-order valence-corrected chi connectivity index (χ2v) is 6.71. The molecule has 0 unspecified atom stereocenters. The van der Waals surface area contributed by atoms with Crippen molar-refractivity contribution < 1.29 is 9.59 Å². The van der Waals surface area contributed by atoms with Crippen LogP contribution in [0.3, 0.4) is 0 Å². The molecular weight excluding hydrogens is 358 g/mol. The Morgan fingerprint density at radius 3 is 2.86 bits per heavy atom. The van der Waals surface area contributed by atoms with Crippen LogP contribution >= 0.6 is 0 Å². The zero-order valence-electron chi connectivity index (χ0n) is 15.6. The van der Waals surface area contributed by atoms with E-state index in [9.17, 15) is 9.59 Å². The first kappa shape index (κ1) is 17.9. The number of aromatic nitrogens is 4. The van der Waals surface area contributed by atoms with Crippen LogP contribution in [-0.2, 0) is 6.54 Å². The number of nitrogens with zero attached hydrogens (tertiary/aromatic N) is 6. The molecule has 0 atom stereocenters. The Balaban J connectivity index is 1.39. The predicted octanol–water partition coefficient (Wildman–Crippen LogP) is 0.972. The van der Waals surface area contributed by atoms with Gasteiger partial charge in [0.25, 0.3) is 5.91 Å². The van der Waals surface area contributed by atoms with Gasteiger partial charge in [-0.3, -0.25) is 9.78 Å². The van der Waals surface area contributed by atoms with E-state index in [4.69, 9.17) is 0 Å². The van der Waals surface area contributed by atoms with E-state index in [0.29, 0.717) is 49.5 Å². The number of urea groups is 1. The third-order valence-electron chi connectivity index (χ3n) is 4.75. The first-order valence-corrected chi connectivity index (χ1v) is 9.11. The standard InChI is InChI=1S/C19H21N7O2/c1-24-8-9-25(19(24)28)7-6-21-18(27)14-10-16-17(22-11-14)26(13-23-16)12-15-4-2-3-5-20-15/h2-5,10-11,13H,6-9,12H2,1H3,(H,21,27). The fraction of sp³-hybridized carbons (Fsp3) is 0.316. The van der Waals surface area contributed by atoms with E-state index in [-0.39, 0.29) is 11.9 Å². The summed E-state index contributed by atoms with van der Waals surface area (Å²) in [6.07, 6.45) is 4.99. The molecule has 3 aromatic heterocycles. The van der Waals surface area contributed by atoms with Crippen LogP contribution in [0.25, 0.3) is 11.2 Å². The average molecular weight is 379 g/mol. The number of rotatable bonds is 6. The molecule has 4 rings (SSSR count). The van der Waals surface area contributed by atoms with Crippen molar-refractivity contribution in [2.75, 3.05) is 33.2 Å². The number of likely N-dealkylation sites (N-methyl/N-ethyl adjacent to an activating group) is 1. The van der Waals surface area contributed by atoms with Gasteiger partial charge in [0.2, 0.25) is 0 Å². The van der Waals surface area contributed by atoms with Crippen molar-refractivity contribution in [2.45, 2.75) is 6.54 Å². The Labute approximate surface area is 162 Å². The molecule has 1 saturated heterocycles. The van der Waals surface area contributed by atoms with Gasteiger partial charge in [-0.05, 0) is 18.2 Å². The summed E-state index contributed by atoms with van der Waals surface area (Å²) in [5.41, 5.74) is 2.71. The molecule has 4 heterocycles. The highest BCUT2D eigenvalue weighted by atomic mass is 16.2. The average Bonchev–Trinajstić information content (AvgIpc) is 3.26. The molecule has 0 radical (unpaired) electrons. The van der Waals surface area contributed by atoms with E-state index in [2.05, 4.69) is 20.3 Å². The highest BCUT2D eigenvalue weighted by molar-refractivity contribution is 5.96. The van der Waals surface area contributed by atoms with Gasteiger partial charge in [0.15, 0.2) is 5.65 Å². The number of pyridine rings is 2. The molecule has 1 N–H and O–H groups in total. The highest BCUT2D eigenvalue weighted by Gasteiger charge is 2.24. The number of fused-ring (bicyclic) bond motifs is 1. The Morgan fingerprint density at radius 1 is 1.21 bits per heavy atom. The van der Waals surface area contributed by atoms with Gasteiger partial charge in [0.05, 0.1) is 24.1 Å². The van der Waals surface area contributed by atoms with Crippen LogP contribution in [0.2, 0.25) is 0 Å². The highest BCUT2D eigenvalue weighted by Crippen LogP contribution is 2.13. The normalized spacial score (nSPS) is 14.1. The summed E-state index contributed by atoms with van der Waals surface area (Å²) in [5, 5.41) is 2.84. The molecule has 3 aromatic rings. The summed E-state index contributed by atoms with van der Waals surface area (Å²) >= 11 is 0. The van der Waals surface area contributed by atoms with Crippen molar-refractivity contribution in [3.05, 3.63) is 54.2 Å². The third kappa shape index (κ3) is 3.64. The monoisotopic (exact) mass is 379 g/mol. The predicted molar refractivity (Wildman–Crippen MR) is 103 cm³/mol. The minimum absolute atomic E-state index is 0.00391. The molecule has 0 saturated carbocycles. The van der Waals surface area contributed by atoms with Gasteiger partial charge in [-0.15, -0.1) is 0 Å². The molecular formula is C19H21N7O2. The summed E-state index contributed by atoms with van der Waals surface area (Å²) in [6, 6.07) is 7.47. The van der Waals surface area contributed by atoms with Crippen LogP contribution in [-0.4, -0.2) is 74.5 Å². The van der Waals surface area contributed by atoms with Crippen LogP contribution in [0.5, 0.6) is 0 Å². The maximum Gasteiger partial charge on any atom is 0.319 e. The summed E-state index contributed by atoms with van der Waals surface area (Å²) in [4.78, 5) is 40.7. The molecule has 9 nitrogen and oxygen atoms in total. The van der Waals surface area contributed by atoms with Gasteiger partial charge in [0, 0.05) is 45.6 Å². The number of amides is 3. The van der Waals surface area contributed by atoms with E-state index < -0.39 is 0 Å². The maximum atomic E-state index is 12.4. The summed E-state index contributed by atoms with van der Waals surface area (Å²) in [6.45, 7) is 2.85. The minimum Gasteiger partial charge on any atom is -0.350 e. The third-order valence-corrected chi connectivity index (χ3v) is 4.75. The van der Waals surface area contributed by atoms with Crippen molar-refractivity contribution >= 4 is 23.1 Å². The van der Waals surface area contributed by atoms with Gasteiger partial charge >= 0.3 is 6.03 Å². The van der Waals surface area contributed by atoms with Gasteiger partial charge in [-0.2, -0.15) is 0 Å². The second-order valence-electron chi connectivity index (χ2n) is 6.71. The zero-order valence-corrected chi connectivity index (χ0v) is 15.6. The first-order valence-electron chi connectivity index (χ1n) is 9.11. The maximum absolute atomic E-state index is 12.4. The van der Waals surface area contributed by atoms with Crippen molar-refractivity contribution in [1.82, 2.24) is 34.6 Å². The van der Waals surface area contributed by atoms with Gasteiger partial charge in [-0.25, -0.2) is 14.8 Å². The summed E-state index contributed by atoms with van der Waals surface area (Å²) < 4.78 is 1.90. The van der Waals surface area contributed by atoms with E-state index in [0.717, 1.165) is 5.69 Å². The molecule has 1 fully saturated rings. The van der Waals surface area contributed by atoms with Crippen LogP contribution in [0.1, 0.15) is 16.1 Å². The Kier molecular flexibility index (Phi) is 4.88. The quantitative estimate of drug-likeness (QED) is 0.689. The second kappa shape index (κ2) is 7.63. The van der Waals surface area contributed by atoms with Crippen molar-refractivity contribution in [3.63, 3.8) is 0 Å². The minimum atomic E-state index is -0.228. The SMILES string of the molecule is CN1CCN(CCNC(=O)c2cnc3c(c2)ncn3Cc2ccccn2)C1=O. The van der Waals surface area contributed by atoms with Gasteiger partial charge in [0.1, 0.15) is 5.52 Å². The topological polar surface area (TPSA) is 96.2 Å². The van der Waals surface area contributed by atoms with Gasteiger partial charge < -0.3 is 19.7 Å².